The van der Waals surface area contributed by atoms with Gasteiger partial charge in [0.2, 0.25) is 0 Å². The molecule has 144 valence electrons. The first kappa shape index (κ1) is 18.0. The number of rotatable bonds is 2. The van der Waals surface area contributed by atoms with E-state index in [2.05, 4.69) is 73.1 Å². The first-order chi connectivity index (χ1) is 13.9. The number of nitrogens with one attached hydrogen (secondary N) is 1. The van der Waals surface area contributed by atoms with E-state index >= 15 is 0 Å². The Balaban J connectivity index is 1.97. The van der Waals surface area contributed by atoms with Crippen LogP contribution in [0.4, 0.5) is 5.82 Å². The van der Waals surface area contributed by atoms with Crippen molar-refractivity contribution in [3.05, 3.63) is 77.9 Å². The number of hydrogen-bond donors (Lipinski definition) is 1. The Kier molecular flexibility index (Phi) is 4.04. The molecule has 0 saturated carbocycles. The van der Waals surface area contributed by atoms with Crippen LogP contribution in [0.3, 0.4) is 0 Å². The van der Waals surface area contributed by atoms with Gasteiger partial charge in [0.15, 0.2) is 0 Å². The smallest absolute Gasteiger partial charge is 0.139 e. The molecule has 0 aliphatic rings. The van der Waals surface area contributed by atoms with Gasteiger partial charge in [0.05, 0.1) is 5.02 Å². The fourth-order valence-corrected chi connectivity index (χ4v) is 4.30. The van der Waals surface area contributed by atoms with Gasteiger partial charge in [-0.2, -0.15) is 0 Å². The summed E-state index contributed by atoms with van der Waals surface area (Å²) in [6.45, 7) is 6.49. The molecule has 2 aromatic heterocycles. The zero-order chi connectivity index (χ0) is 20.2. The summed E-state index contributed by atoms with van der Waals surface area (Å²) in [7, 11) is 0. The van der Waals surface area contributed by atoms with Crippen molar-refractivity contribution < 1.29 is 0 Å². The van der Waals surface area contributed by atoms with Gasteiger partial charge in [-0.15, -0.1) is 0 Å². The maximum Gasteiger partial charge on any atom is 0.139 e. The number of anilines is 1. The van der Waals surface area contributed by atoms with Gasteiger partial charge in [0.25, 0.3) is 0 Å². The van der Waals surface area contributed by atoms with E-state index in [1.54, 1.807) is 0 Å². The third-order valence-electron chi connectivity index (χ3n) is 5.13. The van der Waals surface area contributed by atoms with Crippen LogP contribution in [-0.4, -0.2) is 14.9 Å². The molecule has 0 saturated heterocycles. The Morgan fingerprint density at radius 2 is 1.34 bits per heavy atom. The van der Waals surface area contributed by atoms with Gasteiger partial charge < -0.3 is 5.32 Å². The lowest BCUT2D eigenvalue weighted by atomic mass is 9.94. The molecule has 3 aromatic carbocycles. The highest BCUT2D eigenvalue weighted by atomic mass is 35.5. The van der Waals surface area contributed by atoms with Crippen LogP contribution in [-0.2, 0) is 0 Å². The summed E-state index contributed by atoms with van der Waals surface area (Å²) in [5, 5.41) is 8.77. The second-order valence-electron chi connectivity index (χ2n) is 8.39. The van der Waals surface area contributed by atoms with Crippen molar-refractivity contribution in [2.24, 2.45) is 0 Å². The van der Waals surface area contributed by atoms with Crippen molar-refractivity contribution >= 4 is 44.6 Å². The first-order valence-electron chi connectivity index (χ1n) is 9.78. The van der Waals surface area contributed by atoms with E-state index in [-0.39, 0.29) is 5.54 Å². The van der Waals surface area contributed by atoms with Crippen LogP contribution in [0.15, 0.2) is 72.9 Å². The number of pyridine rings is 1. The molecule has 0 atom stereocenters. The average molecular weight is 400 g/mol. The monoisotopic (exact) mass is 399 g/mol. The quantitative estimate of drug-likeness (QED) is 0.319. The molecule has 0 aliphatic heterocycles. The molecule has 5 aromatic rings. The highest BCUT2D eigenvalue weighted by Crippen LogP contribution is 2.43. The third kappa shape index (κ3) is 2.93. The summed E-state index contributed by atoms with van der Waals surface area (Å²) in [5.74, 6) is 0.991. The zero-order valence-electron chi connectivity index (χ0n) is 16.7. The van der Waals surface area contributed by atoms with Crippen molar-refractivity contribution in [3.63, 3.8) is 0 Å². The molecule has 5 rings (SSSR count). The summed E-state index contributed by atoms with van der Waals surface area (Å²) >= 11 is 6.82. The van der Waals surface area contributed by atoms with Gasteiger partial charge in [-0.25, -0.2) is 4.98 Å². The minimum atomic E-state index is -0.113. The van der Waals surface area contributed by atoms with E-state index in [1.165, 1.54) is 0 Å². The van der Waals surface area contributed by atoms with Gasteiger partial charge in [0.1, 0.15) is 17.2 Å². The van der Waals surface area contributed by atoms with Crippen LogP contribution in [0.5, 0.6) is 0 Å². The summed E-state index contributed by atoms with van der Waals surface area (Å²) < 4.78 is 2.12. The van der Waals surface area contributed by atoms with E-state index in [4.69, 9.17) is 16.6 Å². The van der Waals surface area contributed by atoms with E-state index in [1.807, 2.05) is 30.3 Å². The molecule has 0 fully saturated rings. The molecule has 0 amide bonds. The van der Waals surface area contributed by atoms with Crippen molar-refractivity contribution in [2.45, 2.75) is 26.3 Å². The number of hydrogen-bond acceptors (Lipinski definition) is 2. The standard InChI is InChI=1S/C25H22ClN3/c1-25(2,3)28-24-23(27-20-14-8-9-15-29(20)24)21-16-10-4-6-12-18(16)22(26)19-13-7-5-11-17(19)21/h4-15,28H,1-3H3. The Labute approximate surface area is 175 Å². The molecular formula is C25H22ClN3. The number of aromatic nitrogens is 2. The molecule has 4 heteroatoms. The fourth-order valence-electron chi connectivity index (χ4n) is 3.98. The number of imidazole rings is 1. The topological polar surface area (TPSA) is 29.3 Å². The normalized spacial score (nSPS) is 12.1. The number of fused-ring (bicyclic) bond motifs is 3. The predicted molar refractivity (Wildman–Crippen MR) is 124 cm³/mol. The number of benzene rings is 3. The van der Waals surface area contributed by atoms with Gasteiger partial charge in [-0.05, 0) is 43.7 Å². The van der Waals surface area contributed by atoms with E-state index in [0.717, 1.165) is 49.3 Å². The van der Waals surface area contributed by atoms with E-state index in [9.17, 15) is 0 Å². The van der Waals surface area contributed by atoms with Gasteiger partial charge in [-0.3, -0.25) is 4.40 Å². The number of halogens is 1. The molecule has 29 heavy (non-hydrogen) atoms. The summed E-state index contributed by atoms with van der Waals surface area (Å²) in [4.78, 5) is 5.05. The second-order valence-corrected chi connectivity index (χ2v) is 8.77. The van der Waals surface area contributed by atoms with Crippen molar-refractivity contribution in [2.75, 3.05) is 5.32 Å². The van der Waals surface area contributed by atoms with Gasteiger partial charge in [0, 0.05) is 28.1 Å². The molecular weight excluding hydrogens is 378 g/mol. The van der Waals surface area contributed by atoms with Gasteiger partial charge >= 0.3 is 0 Å². The molecule has 2 heterocycles. The predicted octanol–water partition coefficient (Wildman–Crippen LogP) is 7.17. The lowest BCUT2D eigenvalue weighted by Gasteiger charge is -2.23. The molecule has 0 aliphatic carbocycles. The van der Waals surface area contributed by atoms with Gasteiger partial charge in [-0.1, -0.05) is 66.2 Å². The molecule has 0 radical (unpaired) electrons. The average Bonchev–Trinajstić information content (AvgIpc) is 3.05. The van der Waals surface area contributed by atoms with Crippen LogP contribution in [0.1, 0.15) is 20.8 Å². The van der Waals surface area contributed by atoms with Crippen LogP contribution >= 0.6 is 11.6 Å². The summed E-state index contributed by atoms with van der Waals surface area (Å²) in [6, 6.07) is 22.7. The van der Waals surface area contributed by atoms with Crippen molar-refractivity contribution in [3.8, 4) is 11.3 Å². The Morgan fingerprint density at radius 1 is 0.793 bits per heavy atom. The Morgan fingerprint density at radius 3 is 1.93 bits per heavy atom. The van der Waals surface area contributed by atoms with Crippen LogP contribution in [0.2, 0.25) is 5.02 Å². The molecule has 0 unspecified atom stereocenters. The lowest BCUT2D eigenvalue weighted by Crippen LogP contribution is -2.27. The van der Waals surface area contributed by atoms with Crippen LogP contribution in [0, 0.1) is 0 Å². The van der Waals surface area contributed by atoms with Crippen molar-refractivity contribution in [1.82, 2.24) is 9.38 Å². The highest BCUT2D eigenvalue weighted by Gasteiger charge is 2.23. The molecule has 0 spiro atoms. The second kappa shape index (κ2) is 6.50. The third-order valence-corrected chi connectivity index (χ3v) is 5.53. The van der Waals surface area contributed by atoms with Crippen LogP contribution in [0.25, 0.3) is 38.4 Å². The highest BCUT2D eigenvalue weighted by molar-refractivity contribution is 6.42. The fraction of sp³-hybridized carbons (Fsp3) is 0.160. The van der Waals surface area contributed by atoms with Crippen molar-refractivity contribution in [1.29, 1.82) is 0 Å². The Hall–Kier alpha value is -3.04. The number of nitrogens with zero attached hydrogens (tertiary/aromatic N) is 2. The minimum Gasteiger partial charge on any atom is -0.365 e. The molecule has 1 N–H and O–H groups in total. The zero-order valence-corrected chi connectivity index (χ0v) is 17.5. The lowest BCUT2D eigenvalue weighted by molar-refractivity contribution is 0.629. The maximum absolute atomic E-state index is 6.82. The first-order valence-corrected chi connectivity index (χ1v) is 10.2. The minimum absolute atomic E-state index is 0.113. The Bertz CT molecular complexity index is 1320. The summed E-state index contributed by atoms with van der Waals surface area (Å²) in [5.41, 5.74) is 2.85. The van der Waals surface area contributed by atoms with E-state index < -0.39 is 0 Å². The maximum atomic E-state index is 6.82. The summed E-state index contributed by atoms with van der Waals surface area (Å²) in [6.07, 6.45) is 2.06. The van der Waals surface area contributed by atoms with Crippen LogP contribution < -0.4 is 5.32 Å². The largest absolute Gasteiger partial charge is 0.365 e. The molecule has 3 nitrogen and oxygen atoms in total. The SMILES string of the molecule is CC(C)(C)Nc1c(-c2c3ccccc3c(Cl)c3ccccc23)nc2ccccn12. The molecule has 0 bridgehead atoms. The van der Waals surface area contributed by atoms with E-state index in [0.29, 0.717) is 0 Å².